The summed E-state index contributed by atoms with van der Waals surface area (Å²) in [7, 11) is -1.47. The molecular weight excluding hydrogens is 264 g/mol. The van der Waals surface area contributed by atoms with Crippen LogP contribution in [0, 0.1) is 0 Å². The van der Waals surface area contributed by atoms with Crippen molar-refractivity contribution < 1.29 is 13.2 Å². The van der Waals surface area contributed by atoms with Crippen LogP contribution in [0.15, 0.2) is 0 Å². The lowest BCUT2D eigenvalue weighted by molar-refractivity contribution is -0.0319. The van der Waals surface area contributed by atoms with Gasteiger partial charge in [0, 0.05) is 20.2 Å². The first kappa shape index (κ1) is 16.9. The van der Waals surface area contributed by atoms with Crippen molar-refractivity contribution in [3.05, 3.63) is 0 Å². The maximum atomic E-state index is 12.3. The molecule has 1 unspecified atom stereocenters. The molecule has 0 spiro atoms. The van der Waals surface area contributed by atoms with E-state index in [1.165, 1.54) is 0 Å². The molecule has 0 bridgehead atoms. The predicted molar refractivity (Wildman–Crippen MR) is 77.8 cm³/mol. The van der Waals surface area contributed by atoms with Crippen LogP contribution in [0.3, 0.4) is 0 Å². The summed E-state index contributed by atoms with van der Waals surface area (Å²) in [4.78, 5) is 0. The fraction of sp³-hybridized carbons (Fsp3) is 1.00. The second-order valence-electron chi connectivity index (χ2n) is 5.47. The quantitative estimate of drug-likeness (QED) is 0.683. The molecule has 0 aromatic rings. The van der Waals surface area contributed by atoms with E-state index in [-0.39, 0.29) is 11.4 Å². The number of piperidine rings is 1. The van der Waals surface area contributed by atoms with Crippen molar-refractivity contribution in [2.45, 2.75) is 45.1 Å². The number of ether oxygens (including phenoxy) is 1. The Morgan fingerprint density at radius 3 is 2.74 bits per heavy atom. The molecule has 1 atom stereocenters. The summed E-state index contributed by atoms with van der Waals surface area (Å²) in [6, 6.07) is 0. The predicted octanol–water partition coefficient (Wildman–Crippen LogP) is 1.21. The van der Waals surface area contributed by atoms with E-state index in [2.05, 4.69) is 12.2 Å². The zero-order chi connectivity index (χ0) is 14.4. The van der Waals surface area contributed by atoms with Crippen molar-refractivity contribution in [1.29, 1.82) is 0 Å². The van der Waals surface area contributed by atoms with Crippen LogP contribution in [0.5, 0.6) is 0 Å². The molecule has 1 rings (SSSR count). The van der Waals surface area contributed by atoms with Crippen LogP contribution in [-0.4, -0.2) is 57.4 Å². The van der Waals surface area contributed by atoms with Gasteiger partial charge in [0.1, 0.15) is 0 Å². The van der Waals surface area contributed by atoms with Gasteiger partial charge in [-0.15, -0.1) is 0 Å². The minimum atomic E-state index is -3.13. The monoisotopic (exact) mass is 292 g/mol. The molecule has 114 valence electrons. The van der Waals surface area contributed by atoms with Gasteiger partial charge in [-0.3, -0.25) is 0 Å². The maximum Gasteiger partial charge on any atom is 0.214 e. The van der Waals surface area contributed by atoms with Gasteiger partial charge in [0.25, 0.3) is 0 Å². The highest BCUT2D eigenvalue weighted by molar-refractivity contribution is 7.89. The van der Waals surface area contributed by atoms with E-state index < -0.39 is 10.0 Å². The number of nitrogens with one attached hydrogen (secondary N) is 1. The molecule has 0 amide bonds. The van der Waals surface area contributed by atoms with E-state index in [9.17, 15) is 8.42 Å². The summed E-state index contributed by atoms with van der Waals surface area (Å²) in [5.41, 5.74) is -0.324. The molecule has 1 fully saturated rings. The molecule has 1 aliphatic heterocycles. The van der Waals surface area contributed by atoms with Crippen molar-refractivity contribution >= 4 is 10.0 Å². The van der Waals surface area contributed by atoms with E-state index >= 15 is 0 Å². The lowest BCUT2D eigenvalue weighted by Gasteiger charge is -2.38. The number of nitrogens with zero attached hydrogens (tertiary/aromatic N) is 1. The second kappa shape index (κ2) is 7.57. The van der Waals surface area contributed by atoms with Gasteiger partial charge in [-0.1, -0.05) is 6.92 Å². The minimum absolute atomic E-state index is 0.248. The second-order valence-corrected chi connectivity index (χ2v) is 7.56. The Morgan fingerprint density at radius 2 is 2.11 bits per heavy atom. The van der Waals surface area contributed by atoms with Gasteiger partial charge in [-0.05, 0) is 45.7 Å². The van der Waals surface area contributed by atoms with Gasteiger partial charge in [0.2, 0.25) is 10.0 Å². The summed E-state index contributed by atoms with van der Waals surface area (Å²) in [5, 5.41) is 3.21. The van der Waals surface area contributed by atoms with E-state index in [4.69, 9.17) is 4.74 Å². The highest BCUT2D eigenvalue weighted by Crippen LogP contribution is 2.26. The standard InChI is InChI=1S/C13H28N2O3S/c1-4-14-9-5-6-11-19(16,17)15-10-7-8-13(2,12-15)18-3/h14H,4-12H2,1-3H3. The van der Waals surface area contributed by atoms with Gasteiger partial charge in [-0.2, -0.15) is 4.31 Å². The van der Waals surface area contributed by atoms with Crippen LogP contribution in [0.25, 0.3) is 0 Å². The molecule has 1 heterocycles. The third-order valence-corrected chi connectivity index (χ3v) is 5.67. The molecule has 0 aromatic heterocycles. The number of unbranched alkanes of at least 4 members (excludes halogenated alkanes) is 1. The fourth-order valence-electron chi connectivity index (χ4n) is 2.40. The topological polar surface area (TPSA) is 58.6 Å². The Balaban J connectivity index is 2.43. The first-order chi connectivity index (χ1) is 8.93. The maximum absolute atomic E-state index is 12.3. The molecule has 0 saturated carbocycles. The van der Waals surface area contributed by atoms with Crippen molar-refractivity contribution in [1.82, 2.24) is 9.62 Å². The van der Waals surface area contributed by atoms with Crippen LogP contribution in [0.4, 0.5) is 0 Å². The van der Waals surface area contributed by atoms with Crippen LogP contribution in [-0.2, 0) is 14.8 Å². The Morgan fingerprint density at radius 1 is 1.37 bits per heavy atom. The summed E-state index contributed by atoms with van der Waals surface area (Å²) in [6.45, 7) is 6.98. The largest absolute Gasteiger partial charge is 0.377 e. The molecular formula is C13H28N2O3S. The van der Waals surface area contributed by atoms with Gasteiger partial charge in [0.05, 0.1) is 11.4 Å². The van der Waals surface area contributed by atoms with Crippen LogP contribution < -0.4 is 5.32 Å². The Kier molecular flexibility index (Phi) is 6.73. The van der Waals surface area contributed by atoms with Crippen molar-refractivity contribution in [3.63, 3.8) is 0 Å². The molecule has 1 aliphatic rings. The van der Waals surface area contributed by atoms with E-state index in [0.717, 1.165) is 38.8 Å². The zero-order valence-corrected chi connectivity index (χ0v) is 13.3. The average molecular weight is 292 g/mol. The molecule has 5 nitrogen and oxygen atoms in total. The number of methoxy groups -OCH3 is 1. The van der Waals surface area contributed by atoms with E-state index in [0.29, 0.717) is 13.1 Å². The first-order valence-electron chi connectivity index (χ1n) is 7.17. The van der Waals surface area contributed by atoms with Gasteiger partial charge >= 0.3 is 0 Å². The van der Waals surface area contributed by atoms with Crippen molar-refractivity contribution in [3.8, 4) is 0 Å². The van der Waals surface area contributed by atoms with Gasteiger partial charge in [0.15, 0.2) is 0 Å². The SMILES string of the molecule is CCNCCCCS(=O)(=O)N1CCCC(C)(OC)C1. The number of sulfonamides is 1. The summed E-state index contributed by atoms with van der Waals surface area (Å²) >= 11 is 0. The molecule has 19 heavy (non-hydrogen) atoms. The Hall–Kier alpha value is -0.170. The summed E-state index contributed by atoms with van der Waals surface area (Å²) in [5.74, 6) is 0.248. The number of hydrogen-bond donors (Lipinski definition) is 1. The van der Waals surface area contributed by atoms with Crippen molar-refractivity contribution in [2.24, 2.45) is 0 Å². The highest BCUT2D eigenvalue weighted by atomic mass is 32.2. The number of hydrogen-bond acceptors (Lipinski definition) is 4. The highest BCUT2D eigenvalue weighted by Gasteiger charge is 2.35. The molecule has 0 radical (unpaired) electrons. The molecule has 6 heteroatoms. The fourth-order valence-corrected chi connectivity index (χ4v) is 4.11. The zero-order valence-electron chi connectivity index (χ0n) is 12.4. The van der Waals surface area contributed by atoms with Gasteiger partial charge < -0.3 is 10.1 Å². The summed E-state index contributed by atoms with van der Waals surface area (Å²) < 4.78 is 31.6. The molecule has 0 aromatic carbocycles. The molecule has 0 aliphatic carbocycles. The normalized spacial score (nSPS) is 25.6. The van der Waals surface area contributed by atoms with Crippen LogP contribution in [0.2, 0.25) is 0 Å². The molecule has 1 N–H and O–H groups in total. The van der Waals surface area contributed by atoms with E-state index in [1.807, 2.05) is 6.92 Å². The first-order valence-corrected chi connectivity index (χ1v) is 8.78. The minimum Gasteiger partial charge on any atom is -0.377 e. The van der Waals surface area contributed by atoms with Crippen LogP contribution in [0.1, 0.15) is 39.5 Å². The van der Waals surface area contributed by atoms with Gasteiger partial charge in [-0.25, -0.2) is 8.42 Å². The third-order valence-electron chi connectivity index (χ3n) is 3.77. The summed E-state index contributed by atoms with van der Waals surface area (Å²) in [6.07, 6.45) is 3.43. The third kappa shape index (κ3) is 5.38. The Labute approximate surface area is 117 Å². The van der Waals surface area contributed by atoms with E-state index in [1.54, 1.807) is 11.4 Å². The Bertz CT molecular complexity index is 359. The lowest BCUT2D eigenvalue weighted by atomic mass is 9.96. The lowest BCUT2D eigenvalue weighted by Crippen LogP contribution is -2.50. The van der Waals surface area contributed by atoms with Crippen LogP contribution >= 0.6 is 0 Å². The molecule has 1 saturated heterocycles. The number of rotatable bonds is 8. The average Bonchev–Trinajstić information content (AvgIpc) is 2.38. The smallest absolute Gasteiger partial charge is 0.214 e. The van der Waals surface area contributed by atoms with Crippen molar-refractivity contribution in [2.75, 3.05) is 39.0 Å².